The van der Waals surface area contributed by atoms with Gasteiger partial charge in [0.15, 0.2) is 5.96 Å². The van der Waals surface area contributed by atoms with Crippen molar-refractivity contribution in [2.45, 2.75) is 70.1 Å². The van der Waals surface area contributed by atoms with Gasteiger partial charge in [0, 0.05) is 52.6 Å². The lowest BCUT2D eigenvalue weighted by molar-refractivity contribution is -0.0721. The molecule has 0 bridgehead atoms. The van der Waals surface area contributed by atoms with Crippen molar-refractivity contribution in [2.75, 3.05) is 51.3 Å². The molecule has 31 heavy (non-hydrogen) atoms. The van der Waals surface area contributed by atoms with E-state index < -0.39 is 0 Å². The van der Waals surface area contributed by atoms with Crippen molar-refractivity contribution in [3.63, 3.8) is 0 Å². The number of nitrogens with one attached hydrogen (secondary N) is 1. The number of piperidine rings is 2. The highest BCUT2D eigenvalue weighted by atomic mass is 16.5. The highest BCUT2D eigenvalue weighted by Crippen LogP contribution is 2.20. The third kappa shape index (κ3) is 6.56. The van der Waals surface area contributed by atoms with Gasteiger partial charge in [-0.3, -0.25) is 4.99 Å². The molecule has 0 aliphatic carbocycles. The minimum Gasteiger partial charge on any atom is -0.376 e. The van der Waals surface area contributed by atoms with Crippen LogP contribution in [0.15, 0.2) is 23.3 Å². The molecule has 3 aliphatic heterocycles. The van der Waals surface area contributed by atoms with Crippen molar-refractivity contribution in [1.29, 1.82) is 0 Å². The fourth-order valence-corrected chi connectivity index (χ4v) is 4.80. The van der Waals surface area contributed by atoms with Crippen LogP contribution in [0.2, 0.25) is 0 Å². The summed E-state index contributed by atoms with van der Waals surface area (Å²) in [5.74, 6) is 2.08. The topological polar surface area (TPSA) is 62.2 Å². The van der Waals surface area contributed by atoms with Gasteiger partial charge in [0.2, 0.25) is 0 Å². The molecular formula is C24H39N5O2. The summed E-state index contributed by atoms with van der Waals surface area (Å²) in [6.45, 7) is 6.61. The molecular weight excluding hydrogens is 390 g/mol. The largest absolute Gasteiger partial charge is 0.376 e. The van der Waals surface area contributed by atoms with E-state index in [1.807, 2.05) is 13.2 Å². The maximum atomic E-state index is 6.16. The first kappa shape index (κ1) is 22.3. The lowest BCUT2D eigenvalue weighted by Crippen LogP contribution is -2.47. The Bertz CT molecular complexity index is 693. The molecule has 0 amide bonds. The molecule has 1 unspecified atom stereocenters. The zero-order valence-electron chi connectivity index (χ0n) is 19.1. The number of likely N-dealkylation sites (tertiary alicyclic amines) is 1. The molecule has 1 N–H and O–H groups in total. The van der Waals surface area contributed by atoms with Gasteiger partial charge in [0.05, 0.1) is 18.8 Å². The van der Waals surface area contributed by atoms with E-state index in [9.17, 15) is 0 Å². The molecule has 0 aromatic carbocycles. The van der Waals surface area contributed by atoms with Gasteiger partial charge in [0.1, 0.15) is 5.82 Å². The Morgan fingerprint density at radius 1 is 1.13 bits per heavy atom. The fourth-order valence-electron chi connectivity index (χ4n) is 4.80. The minimum atomic E-state index is 0.302. The van der Waals surface area contributed by atoms with Crippen LogP contribution in [-0.2, 0) is 16.0 Å². The van der Waals surface area contributed by atoms with Gasteiger partial charge in [-0.25, -0.2) is 4.98 Å². The average molecular weight is 430 g/mol. The van der Waals surface area contributed by atoms with Gasteiger partial charge in [-0.15, -0.1) is 0 Å². The van der Waals surface area contributed by atoms with Crippen LogP contribution >= 0.6 is 0 Å². The maximum absolute atomic E-state index is 6.16. The van der Waals surface area contributed by atoms with E-state index in [2.05, 4.69) is 37.2 Å². The summed E-state index contributed by atoms with van der Waals surface area (Å²) in [6, 6.07) is 4.32. The number of hydrogen-bond acceptors (Lipinski definition) is 5. The molecule has 0 radical (unpaired) electrons. The predicted octanol–water partition coefficient (Wildman–Crippen LogP) is 3.20. The quantitative estimate of drug-likeness (QED) is 0.554. The van der Waals surface area contributed by atoms with Crippen molar-refractivity contribution in [3.05, 3.63) is 23.9 Å². The second-order valence-electron chi connectivity index (χ2n) is 8.98. The van der Waals surface area contributed by atoms with Gasteiger partial charge in [-0.2, -0.15) is 0 Å². The lowest BCUT2D eigenvalue weighted by Gasteiger charge is -2.35. The number of hydrogen-bond donors (Lipinski definition) is 1. The number of aliphatic imine (C=N–C) groups is 1. The van der Waals surface area contributed by atoms with E-state index in [0.717, 1.165) is 77.0 Å². The Labute approximate surface area is 187 Å². The molecule has 0 spiro atoms. The summed E-state index contributed by atoms with van der Waals surface area (Å²) in [6.07, 6.45) is 12.1. The second kappa shape index (κ2) is 11.7. The van der Waals surface area contributed by atoms with Gasteiger partial charge in [-0.05, 0) is 69.1 Å². The first-order valence-corrected chi connectivity index (χ1v) is 12.2. The number of nitrogens with zero attached hydrogens (tertiary/aromatic N) is 4. The van der Waals surface area contributed by atoms with Crippen LogP contribution in [0, 0.1) is 0 Å². The lowest BCUT2D eigenvalue weighted by atomic mass is 10.1. The zero-order valence-corrected chi connectivity index (χ0v) is 19.1. The monoisotopic (exact) mass is 429 g/mol. The average Bonchev–Trinajstić information content (AvgIpc) is 2.85. The van der Waals surface area contributed by atoms with Crippen LogP contribution in [-0.4, -0.2) is 74.5 Å². The minimum absolute atomic E-state index is 0.302. The molecule has 0 saturated carbocycles. The van der Waals surface area contributed by atoms with Gasteiger partial charge in [0.25, 0.3) is 0 Å². The van der Waals surface area contributed by atoms with Crippen molar-refractivity contribution in [1.82, 2.24) is 15.2 Å². The smallest absolute Gasteiger partial charge is 0.193 e. The highest BCUT2D eigenvalue weighted by molar-refractivity contribution is 5.80. The van der Waals surface area contributed by atoms with Gasteiger partial charge in [-0.1, -0.05) is 0 Å². The number of pyridine rings is 1. The summed E-state index contributed by atoms with van der Waals surface area (Å²) < 4.78 is 12.0. The van der Waals surface area contributed by atoms with Crippen LogP contribution in [0.3, 0.4) is 0 Å². The van der Waals surface area contributed by atoms with E-state index in [1.54, 1.807) is 0 Å². The first-order valence-electron chi connectivity index (χ1n) is 12.2. The summed E-state index contributed by atoms with van der Waals surface area (Å²) in [7, 11) is 1.87. The molecule has 4 rings (SSSR count). The molecule has 7 nitrogen and oxygen atoms in total. The van der Waals surface area contributed by atoms with Crippen molar-refractivity contribution < 1.29 is 9.47 Å². The van der Waals surface area contributed by atoms with Crippen molar-refractivity contribution in [3.8, 4) is 0 Å². The molecule has 172 valence electrons. The molecule has 3 saturated heterocycles. The van der Waals surface area contributed by atoms with E-state index in [0.29, 0.717) is 12.2 Å². The molecule has 1 aromatic heterocycles. The Balaban J connectivity index is 1.21. The summed E-state index contributed by atoms with van der Waals surface area (Å²) in [5, 5.41) is 3.55. The first-order chi connectivity index (χ1) is 15.3. The molecule has 1 atom stereocenters. The third-order valence-electron chi connectivity index (χ3n) is 6.69. The Morgan fingerprint density at radius 2 is 1.97 bits per heavy atom. The summed E-state index contributed by atoms with van der Waals surface area (Å²) in [5.41, 5.74) is 1.25. The number of aromatic nitrogens is 1. The Kier molecular flexibility index (Phi) is 8.41. The number of rotatable bonds is 6. The SMILES string of the molecule is CN=C(NCc1ccnc(N2CCCCC2)c1)N1CCC(OCC2CCCCO2)CC1. The van der Waals surface area contributed by atoms with Gasteiger partial charge >= 0.3 is 0 Å². The van der Waals surface area contributed by atoms with E-state index in [-0.39, 0.29) is 0 Å². The third-order valence-corrected chi connectivity index (χ3v) is 6.69. The Morgan fingerprint density at radius 3 is 2.71 bits per heavy atom. The second-order valence-corrected chi connectivity index (χ2v) is 8.98. The zero-order chi connectivity index (χ0) is 21.3. The molecule has 3 fully saturated rings. The highest BCUT2D eigenvalue weighted by Gasteiger charge is 2.24. The summed E-state index contributed by atoms with van der Waals surface area (Å²) >= 11 is 0. The van der Waals surface area contributed by atoms with Crippen molar-refractivity contribution in [2.24, 2.45) is 4.99 Å². The van der Waals surface area contributed by atoms with E-state index in [1.165, 1.54) is 37.7 Å². The molecule has 1 aromatic rings. The van der Waals surface area contributed by atoms with Crippen LogP contribution in [0.4, 0.5) is 5.82 Å². The molecule has 4 heterocycles. The van der Waals surface area contributed by atoms with E-state index >= 15 is 0 Å². The van der Waals surface area contributed by atoms with Crippen LogP contribution < -0.4 is 10.2 Å². The Hall–Kier alpha value is -1.86. The standard InChI is InChI=1S/C24H39N5O2/c1-25-24(27-18-20-8-11-26-23(17-20)28-12-4-2-5-13-28)29-14-9-21(10-15-29)31-19-22-7-3-6-16-30-22/h8,11,17,21-22H,2-7,9-10,12-16,18-19H2,1H3,(H,25,27). The van der Waals surface area contributed by atoms with Crippen molar-refractivity contribution >= 4 is 11.8 Å². The summed E-state index contributed by atoms with van der Waals surface area (Å²) in [4.78, 5) is 13.9. The van der Waals surface area contributed by atoms with Crippen LogP contribution in [0.1, 0.15) is 56.9 Å². The van der Waals surface area contributed by atoms with E-state index in [4.69, 9.17) is 9.47 Å². The van der Waals surface area contributed by atoms with Crippen LogP contribution in [0.5, 0.6) is 0 Å². The molecule has 3 aliphatic rings. The number of guanidine groups is 1. The van der Waals surface area contributed by atoms with Crippen LogP contribution in [0.25, 0.3) is 0 Å². The molecule has 7 heteroatoms. The fraction of sp³-hybridized carbons (Fsp3) is 0.750. The predicted molar refractivity (Wildman–Crippen MR) is 125 cm³/mol. The van der Waals surface area contributed by atoms with Gasteiger partial charge < -0.3 is 24.6 Å². The normalized spacial score (nSPS) is 23.8. The maximum Gasteiger partial charge on any atom is 0.193 e. The number of anilines is 1. The number of ether oxygens (including phenoxy) is 2.